The van der Waals surface area contributed by atoms with Crippen LogP contribution in [0.3, 0.4) is 0 Å². The minimum absolute atomic E-state index is 0.0107. The molecular formula is C17H16N4O4S2. The number of thioether (sulfide) groups is 1. The van der Waals surface area contributed by atoms with Crippen LogP contribution in [0.4, 0.5) is 0 Å². The molecule has 0 bridgehead atoms. The SMILES string of the molecule is CNC(=O)C1=C2SC(CC(=O)OC)C(=O)N2C(N)=C(C#N)C1c1cccs1. The second kappa shape index (κ2) is 7.46. The highest BCUT2D eigenvalue weighted by molar-refractivity contribution is 8.04. The maximum atomic E-state index is 12.8. The third kappa shape index (κ3) is 3.09. The number of esters is 1. The summed E-state index contributed by atoms with van der Waals surface area (Å²) in [5, 5.41) is 13.7. The Labute approximate surface area is 163 Å². The number of fused-ring (bicyclic) bond motifs is 1. The summed E-state index contributed by atoms with van der Waals surface area (Å²) in [7, 11) is 2.72. The number of amides is 2. The standard InChI is InChI=1S/C17H16N4O4S2/c1-20-15(23)13-12(9-4-3-5-26-9)8(7-18)14(19)21-16(24)10(27-17(13)21)6-11(22)25-2/h3-5,10,12H,6,19H2,1-2H3,(H,20,23). The van der Waals surface area contributed by atoms with Gasteiger partial charge in [-0.1, -0.05) is 17.8 Å². The molecule has 0 radical (unpaired) electrons. The number of likely N-dealkylation sites (N-methyl/N-ethyl adjacent to an activating group) is 1. The summed E-state index contributed by atoms with van der Waals surface area (Å²) < 4.78 is 4.65. The Hall–Kier alpha value is -2.77. The van der Waals surface area contributed by atoms with Crippen molar-refractivity contribution in [3.8, 4) is 6.07 Å². The first-order valence-corrected chi connectivity index (χ1v) is 9.67. The highest BCUT2D eigenvalue weighted by Crippen LogP contribution is 2.50. The first-order chi connectivity index (χ1) is 12.9. The molecule has 1 saturated heterocycles. The largest absolute Gasteiger partial charge is 0.469 e. The van der Waals surface area contributed by atoms with Crippen LogP contribution < -0.4 is 11.1 Å². The minimum atomic E-state index is -0.771. The number of nitrogens with one attached hydrogen (secondary N) is 1. The Balaban J connectivity index is 2.18. The molecule has 1 fully saturated rings. The van der Waals surface area contributed by atoms with Gasteiger partial charge in [-0.2, -0.15) is 5.26 Å². The number of nitrogens with zero attached hydrogens (tertiary/aromatic N) is 2. The first-order valence-electron chi connectivity index (χ1n) is 7.91. The van der Waals surface area contributed by atoms with Crippen molar-refractivity contribution >= 4 is 40.9 Å². The summed E-state index contributed by atoms with van der Waals surface area (Å²) in [6.07, 6.45) is -0.153. The molecule has 0 spiro atoms. The molecule has 1 aromatic rings. The van der Waals surface area contributed by atoms with E-state index in [-0.39, 0.29) is 23.4 Å². The Morgan fingerprint density at radius 1 is 1.48 bits per heavy atom. The second-order valence-electron chi connectivity index (χ2n) is 5.72. The number of hydrogen-bond donors (Lipinski definition) is 2. The predicted molar refractivity (Wildman–Crippen MR) is 99.8 cm³/mol. The van der Waals surface area contributed by atoms with E-state index < -0.39 is 29.0 Å². The van der Waals surface area contributed by atoms with Crippen molar-refractivity contribution < 1.29 is 19.1 Å². The topological polar surface area (TPSA) is 126 Å². The maximum absolute atomic E-state index is 12.8. The Morgan fingerprint density at radius 2 is 2.22 bits per heavy atom. The average molecular weight is 404 g/mol. The molecule has 3 rings (SSSR count). The number of thiophene rings is 1. The Kier molecular flexibility index (Phi) is 5.25. The molecule has 10 heteroatoms. The molecule has 8 nitrogen and oxygen atoms in total. The summed E-state index contributed by atoms with van der Waals surface area (Å²) in [6.45, 7) is 0. The van der Waals surface area contributed by atoms with E-state index in [1.165, 1.54) is 30.4 Å². The third-order valence-electron chi connectivity index (χ3n) is 4.28. The molecule has 0 saturated carbocycles. The number of hydrogen-bond acceptors (Lipinski definition) is 8. The van der Waals surface area contributed by atoms with E-state index in [9.17, 15) is 19.6 Å². The van der Waals surface area contributed by atoms with Crippen molar-refractivity contribution in [3.63, 3.8) is 0 Å². The lowest BCUT2D eigenvalue weighted by Gasteiger charge is -2.31. The fourth-order valence-corrected chi connectivity index (χ4v) is 5.19. The summed E-state index contributed by atoms with van der Waals surface area (Å²) in [5.74, 6) is -2.08. The highest BCUT2D eigenvalue weighted by Gasteiger charge is 2.48. The number of rotatable bonds is 4. The van der Waals surface area contributed by atoms with Crippen molar-refractivity contribution in [2.24, 2.45) is 5.73 Å². The van der Waals surface area contributed by atoms with Crippen LogP contribution in [0.25, 0.3) is 0 Å². The van der Waals surface area contributed by atoms with Crippen molar-refractivity contribution in [2.45, 2.75) is 17.6 Å². The molecule has 2 aliphatic heterocycles. The zero-order valence-electron chi connectivity index (χ0n) is 14.5. The molecule has 0 aromatic carbocycles. The highest BCUT2D eigenvalue weighted by atomic mass is 32.2. The third-order valence-corrected chi connectivity index (χ3v) is 6.49. The van der Waals surface area contributed by atoms with E-state index in [0.29, 0.717) is 5.03 Å². The van der Waals surface area contributed by atoms with Gasteiger partial charge in [0.05, 0.1) is 41.7 Å². The van der Waals surface area contributed by atoms with Gasteiger partial charge in [-0.05, 0) is 11.4 Å². The fraction of sp³-hybridized carbons (Fsp3) is 0.294. The van der Waals surface area contributed by atoms with Crippen LogP contribution in [-0.2, 0) is 19.1 Å². The van der Waals surface area contributed by atoms with Crippen LogP contribution in [0.2, 0.25) is 0 Å². The van der Waals surface area contributed by atoms with Crippen molar-refractivity contribution in [1.29, 1.82) is 5.26 Å². The molecule has 2 atom stereocenters. The maximum Gasteiger partial charge on any atom is 0.307 e. The van der Waals surface area contributed by atoms with Gasteiger partial charge in [0.15, 0.2) is 0 Å². The van der Waals surface area contributed by atoms with Crippen molar-refractivity contribution in [1.82, 2.24) is 10.2 Å². The number of methoxy groups -OCH3 is 1. The van der Waals surface area contributed by atoms with Gasteiger partial charge in [0.1, 0.15) is 11.1 Å². The normalized spacial score (nSPS) is 21.8. The lowest BCUT2D eigenvalue weighted by atomic mass is 9.87. The smallest absolute Gasteiger partial charge is 0.307 e. The fourth-order valence-electron chi connectivity index (χ4n) is 3.02. The number of ether oxygens (including phenoxy) is 1. The molecule has 1 aromatic heterocycles. The molecule has 3 heterocycles. The molecule has 3 N–H and O–H groups in total. The van der Waals surface area contributed by atoms with Crippen LogP contribution in [0.1, 0.15) is 17.2 Å². The molecule has 27 heavy (non-hydrogen) atoms. The van der Waals surface area contributed by atoms with Gasteiger partial charge in [0.25, 0.3) is 5.91 Å². The van der Waals surface area contributed by atoms with Gasteiger partial charge in [0, 0.05) is 11.9 Å². The van der Waals surface area contributed by atoms with Crippen LogP contribution in [0.5, 0.6) is 0 Å². The van der Waals surface area contributed by atoms with E-state index in [0.717, 1.165) is 16.6 Å². The monoisotopic (exact) mass is 404 g/mol. The molecule has 2 amide bonds. The van der Waals surface area contributed by atoms with E-state index in [1.54, 1.807) is 0 Å². The second-order valence-corrected chi connectivity index (χ2v) is 7.89. The Morgan fingerprint density at radius 3 is 2.78 bits per heavy atom. The van der Waals surface area contributed by atoms with Crippen LogP contribution in [0.15, 0.2) is 39.5 Å². The predicted octanol–water partition coefficient (Wildman–Crippen LogP) is 1.00. The van der Waals surface area contributed by atoms with Crippen LogP contribution >= 0.6 is 23.1 Å². The van der Waals surface area contributed by atoms with Crippen molar-refractivity contribution in [3.05, 3.63) is 44.4 Å². The molecule has 2 aliphatic rings. The van der Waals surface area contributed by atoms with Gasteiger partial charge < -0.3 is 15.8 Å². The van der Waals surface area contributed by atoms with E-state index in [2.05, 4.69) is 16.1 Å². The number of carbonyl (C=O) groups is 3. The summed E-state index contributed by atoms with van der Waals surface area (Å²) >= 11 is 2.48. The van der Waals surface area contributed by atoms with Crippen molar-refractivity contribution in [2.75, 3.05) is 14.2 Å². The average Bonchev–Trinajstić information content (AvgIpc) is 3.29. The summed E-state index contributed by atoms with van der Waals surface area (Å²) in [5.41, 5.74) is 6.57. The number of nitriles is 1. The molecule has 0 aliphatic carbocycles. The van der Waals surface area contributed by atoms with Crippen LogP contribution in [-0.4, -0.2) is 42.1 Å². The summed E-state index contributed by atoms with van der Waals surface area (Å²) in [6, 6.07) is 5.68. The zero-order valence-corrected chi connectivity index (χ0v) is 16.1. The lowest BCUT2D eigenvalue weighted by Crippen LogP contribution is -2.39. The van der Waals surface area contributed by atoms with Gasteiger partial charge in [-0.3, -0.25) is 19.3 Å². The van der Waals surface area contributed by atoms with Crippen LogP contribution in [0, 0.1) is 11.3 Å². The van der Waals surface area contributed by atoms with Gasteiger partial charge in [-0.25, -0.2) is 0 Å². The summed E-state index contributed by atoms with van der Waals surface area (Å²) in [4.78, 5) is 39.1. The lowest BCUT2D eigenvalue weighted by molar-refractivity contribution is -0.142. The van der Waals surface area contributed by atoms with E-state index >= 15 is 0 Å². The Bertz CT molecular complexity index is 914. The first kappa shape index (κ1) is 19.0. The minimum Gasteiger partial charge on any atom is -0.469 e. The van der Waals surface area contributed by atoms with E-state index in [4.69, 9.17) is 5.73 Å². The molecular weight excluding hydrogens is 388 g/mol. The van der Waals surface area contributed by atoms with E-state index in [1.807, 2.05) is 17.5 Å². The molecule has 140 valence electrons. The zero-order chi connectivity index (χ0) is 19.7. The molecule has 2 unspecified atom stereocenters. The quantitative estimate of drug-likeness (QED) is 0.717. The number of carbonyl (C=O) groups excluding carboxylic acids is 3. The van der Waals surface area contributed by atoms with Gasteiger partial charge >= 0.3 is 5.97 Å². The van der Waals surface area contributed by atoms with Gasteiger partial charge in [-0.15, -0.1) is 11.3 Å². The number of nitrogens with two attached hydrogens (primary N) is 1. The van der Waals surface area contributed by atoms with Gasteiger partial charge in [0.2, 0.25) is 5.91 Å². The number of allylic oxidation sites excluding steroid dienone is 1.